The van der Waals surface area contributed by atoms with Crippen LogP contribution in [0.2, 0.25) is 0 Å². The van der Waals surface area contributed by atoms with E-state index in [2.05, 4.69) is 10.3 Å². The van der Waals surface area contributed by atoms with Crippen molar-refractivity contribution in [2.75, 3.05) is 20.3 Å². The third-order valence-corrected chi connectivity index (χ3v) is 3.64. The summed E-state index contributed by atoms with van der Waals surface area (Å²) in [5, 5.41) is 2.81. The number of methoxy groups -OCH3 is 1. The molecule has 0 aliphatic rings. The molecule has 0 aliphatic carbocycles. The van der Waals surface area contributed by atoms with E-state index in [0.29, 0.717) is 18.8 Å². The summed E-state index contributed by atoms with van der Waals surface area (Å²) in [6, 6.07) is 13.1. The lowest BCUT2D eigenvalue weighted by molar-refractivity contribution is 0.0942. The SMILES string of the molecule is COc1ccc(OCCNC(=O)c2cn3c(C)cccc3n2)cc1. The average Bonchev–Trinajstić information content (AvgIpc) is 3.05. The van der Waals surface area contributed by atoms with Crippen LogP contribution >= 0.6 is 0 Å². The van der Waals surface area contributed by atoms with Crippen molar-refractivity contribution in [1.82, 2.24) is 14.7 Å². The number of nitrogens with one attached hydrogen (secondary N) is 1. The van der Waals surface area contributed by atoms with Crippen molar-refractivity contribution in [2.24, 2.45) is 0 Å². The minimum Gasteiger partial charge on any atom is -0.497 e. The van der Waals surface area contributed by atoms with Crippen LogP contribution in [0.1, 0.15) is 16.2 Å². The quantitative estimate of drug-likeness (QED) is 0.707. The van der Waals surface area contributed by atoms with Gasteiger partial charge in [0.05, 0.1) is 13.7 Å². The molecule has 6 heteroatoms. The van der Waals surface area contributed by atoms with Crippen LogP contribution in [0.3, 0.4) is 0 Å². The predicted molar refractivity (Wildman–Crippen MR) is 90.8 cm³/mol. The number of benzene rings is 1. The Morgan fingerprint density at radius 1 is 1.17 bits per heavy atom. The number of hydrogen-bond acceptors (Lipinski definition) is 4. The number of aryl methyl sites for hydroxylation is 1. The molecule has 0 atom stereocenters. The maximum Gasteiger partial charge on any atom is 0.271 e. The number of carbonyl (C=O) groups is 1. The molecule has 1 N–H and O–H groups in total. The Kier molecular flexibility index (Phi) is 4.65. The van der Waals surface area contributed by atoms with Crippen molar-refractivity contribution in [1.29, 1.82) is 0 Å². The Morgan fingerprint density at radius 3 is 2.62 bits per heavy atom. The van der Waals surface area contributed by atoms with Gasteiger partial charge in [0, 0.05) is 11.9 Å². The molecule has 24 heavy (non-hydrogen) atoms. The van der Waals surface area contributed by atoms with Crippen LogP contribution in [0, 0.1) is 6.92 Å². The zero-order valence-electron chi connectivity index (χ0n) is 13.7. The fourth-order valence-electron chi connectivity index (χ4n) is 2.35. The molecule has 124 valence electrons. The average molecular weight is 325 g/mol. The number of carbonyl (C=O) groups excluding carboxylic acids is 1. The molecule has 3 rings (SSSR count). The molecular weight excluding hydrogens is 306 g/mol. The predicted octanol–water partition coefficient (Wildman–Crippen LogP) is 2.46. The second-order valence-electron chi connectivity index (χ2n) is 5.30. The first-order chi connectivity index (χ1) is 11.7. The van der Waals surface area contributed by atoms with Gasteiger partial charge in [-0.1, -0.05) is 6.07 Å². The Hall–Kier alpha value is -3.02. The van der Waals surface area contributed by atoms with Crippen LogP contribution in [0.15, 0.2) is 48.7 Å². The van der Waals surface area contributed by atoms with Crippen LogP contribution in [-0.4, -0.2) is 35.6 Å². The summed E-state index contributed by atoms with van der Waals surface area (Å²) < 4.78 is 12.6. The molecule has 3 aromatic rings. The summed E-state index contributed by atoms with van der Waals surface area (Å²) in [5.74, 6) is 1.29. The van der Waals surface area contributed by atoms with Gasteiger partial charge in [-0.25, -0.2) is 4.98 Å². The van der Waals surface area contributed by atoms with E-state index in [0.717, 1.165) is 22.8 Å². The molecule has 1 aromatic carbocycles. The van der Waals surface area contributed by atoms with Gasteiger partial charge in [0.15, 0.2) is 0 Å². The zero-order valence-corrected chi connectivity index (χ0v) is 13.7. The lowest BCUT2D eigenvalue weighted by Crippen LogP contribution is -2.28. The lowest BCUT2D eigenvalue weighted by atomic mass is 10.3. The first-order valence-electron chi connectivity index (χ1n) is 7.67. The fourth-order valence-corrected chi connectivity index (χ4v) is 2.35. The number of imidazole rings is 1. The standard InChI is InChI=1S/C18H19N3O3/c1-13-4-3-5-17-20-16(12-21(13)17)18(22)19-10-11-24-15-8-6-14(23-2)7-9-15/h3-9,12H,10-11H2,1-2H3,(H,19,22). The topological polar surface area (TPSA) is 64.9 Å². The lowest BCUT2D eigenvalue weighted by Gasteiger charge is -2.07. The molecule has 6 nitrogen and oxygen atoms in total. The van der Waals surface area contributed by atoms with Crippen molar-refractivity contribution in [2.45, 2.75) is 6.92 Å². The molecule has 1 amide bonds. The Morgan fingerprint density at radius 2 is 1.92 bits per heavy atom. The number of rotatable bonds is 6. The molecule has 0 saturated heterocycles. The largest absolute Gasteiger partial charge is 0.497 e. The minimum absolute atomic E-state index is 0.212. The number of nitrogens with zero attached hydrogens (tertiary/aromatic N) is 2. The minimum atomic E-state index is -0.212. The highest BCUT2D eigenvalue weighted by atomic mass is 16.5. The number of ether oxygens (including phenoxy) is 2. The fraction of sp³-hybridized carbons (Fsp3) is 0.222. The zero-order chi connectivity index (χ0) is 16.9. The molecule has 0 radical (unpaired) electrons. The summed E-state index contributed by atoms with van der Waals surface area (Å²) in [7, 11) is 1.62. The second kappa shape index (κ2) is 7.04. The van der Waals surface area contributed by atoms with Crippen molar-refractivity contribution >= 4 is 11.6 Å². The highest BCUT2D eigenvalue weighted by molar-refractivity contribution is 5.92. The Labute approximate surface area is 140 Å². The van der Waals surface area contributed by atoms with Gasteiger partial charge in [-0.15, -0.1) is 0 Å². The Bertz CT molecular complexity index is 840. The van der Waals surface area contributed by atoms with Crippen LogP contribution in [0.5, 0.6) is 11.5 Å². The summed E-state index contributed by atoms with van der Waals surface area (Å²) >= 11 is 0. The molecule has 2 aromatic heterocycles. The van der Waals surface area contributed by atoms with Gasteiger partial charge in [0.25, 0.3) is 5.91 Å². The third kappa shape index (κ3) is 3.48. The Balaban J connectivity index is 1.52. The van der Waals surface area contributed by atoms with Gasteiger partial charge in [-0.05, 0) is 43.3 Å². The maximum absolute atomic E-state index is 12.2. The van der Waals surface area contributed by atoms with Crippen LogP contribution in [-0.2, 0) is 0 Å². The summed E-state index contributed by atoms with van der Waals surface area (Å²) in [6.45, 7) is 2.75. The van der Waals surface area contributed by atoms with E-state index in [-0.39, 0.29) is 5.91 Å². The van der Waals surface area contributed by atoms with E-state index in [4.69, 9.17) is 9.47 Å². The van der Waals surface area contributed by atoms with E-state index < -0.39 is 0 Å². The van der Waals surface area contributed by atoms with Gasteiger partial charge >= 0.3 is 0 Å². The molecule has 0 aliphatic heterocycles. The first-order valence-corrected chi connectivity index (χ1v) is 7.67. The first kappa shape index (κ1) is 15.9. The molecule has 0 saturated carbocycles. The highest BCUT2D eigenvalue weighted by Crippen LogP contribution is 2.16. The van der Waals surface area contributed by atoms with Gasteiger partial charge in [-0.2, -0.15) is 0 Å². The second-order valence-corrected chi connectivity index (χ2v) is 5.30. The number of aromatic nitrogens is 2. The van der Waals surface area contributed by atoms with Gasteiger partial charge in [0.1, 0.15) is 29.4 Å². The molecule has 0 unspecified atom stereocenters. The van der Waals surface area contributed by atoms with Crippen molar-refractivity contribution in [3.8, 4) is 11.5 Å². The van der Waals surface area contributed by atoms with Gasteiger partial charge in [-0.3, -0.25) is 4.79 Å². The van der Waals surface area contributed by atoms with Crippen LogP contribution in [0.4, 0.5) is 0 Å². The van der Waals surface area contributed by atoms with Crippen molar-refractivity contribution in [3.05, 3.63) is 60.0 Å². The third-order valence-electron chi connectivity index (χ3n) is 3.64. The van der Waals surface area contributed by atoms with Crippen molar-refractivity contribution < 1.29 is 14.3 Å². The number of fused-ring (bicyclic) bond motifs is 1. The van der Waals surface area contributed by atoms with Crippen LogP contribution < -0.4 is 14.8 Å². The van der Waals surface area contributed by atoms with E-state index in [1.807, 2.05) is 53.8 Å². The number of hydrogen-bond donors (Lipinski definition) is 1. The van der Waals surface area contributed by atoms with E-state index in [9.17, 15) is 4.79 Å². The van der Waals surface area contributed by atoms with E-state index >= 15 is 0 Å². The molecular formula is C18H19N3O3. The highest BCUT2D eigenvalue weighted by Gasteiger charge is 2.10. The summed E-state index contributed by atoms with van der Waals surface area (Å²) in [6.07, 6.45) is 1.74. The molecule has 0 fully saturated rings. The number of amides is 1. The van der Waals surface area contributed by atoms with E-state index in [1.54, 1.807) is 13.3 Å². The van der Waals surface area contributed by atoms with Crippen molar-refractivity contribution in [3.63, 3.8) is 0 Å². The summed E-state index contributed by atoms with van der Waals surface area (Å²) in [5.41, 5.74) is 2.19. The molecule has 2 heterocycles. The normalized spacial score (nSPS) is 10.6. The monoisotopic (exact) mass is 325 g/mol. The molecule has 0 spiro atoms. The number of pyridine rings is 1. The van der Waals surface area contributed by atoms with E-state index in [1.165, 1.54) is 0 Å². The smallest absolute Gasteiger partial charge is 0.271 e. The maximum atomic E-state index is 12.2. The van der Waals surface area contributed by atoms with Crippen LogP contribution in [0.25, 0.3) is 5.65 Å². The van der Waals surface area contributed by atoms with Gasteiger partial charge in [0.2, 0.25) is 0 Å². The molecule has 0 bridgehead atoms. The van der Waals surface area contributed by atoms with Gasteiger partial charge < -0.3 is 19.2 Å². The summed E-state index contributed by atoms with van der Waals surface area (Å²) in [4.78, 5) is 16.5.